The van der Waals surface area contributed by atoms with Gasteiger partial charge in [-0.3, -0.25) is 4.79 Å². The van der Waals surface area contributed by atoms with Gasteiger partial charge in [0.2, 0.25) is 0 Å². The Hall–Kier alpha value is -0.610. The Morgan fingerprint density at radius 1 is 1.33 bits per heavy atom. The zero-order chi connectivity index (χ0) is 11.7. The summed E-state index contributed by atoms with van der Waals surface area (Å²) in [6.45, 7) is 8.18. The average Bonchev–Trinajstić information content (AvgIpc) is 2.21. The summed E-state index contributed by atoms with van der Waals surface area (Å²) in [4.78, 5) is 11.0. The van der Waals surface area contributed by atoms with Gasteiger partial charge in [-0.15, -0.1) is 0 Å². The maximum absolute atomic E-state index is 11.0. The van der Waals surface area contributed by atoms with Crippen LogP contribution in [-0.2, 0) is 14.3 Å². The largest absolute Gasteiger partial charge is 0.469 e. The van der Waals surface area contributed by atoms with Crippen LogP contribution >= 0.6 is 0 Å². The van der Waals surface area contributed by atoms with Gasteiger partial charge >= 0.3 is 5.97 Å². The molecule has 0 bridgehead atoms. The standard InChI is InChI=1S/C11H23NO3/c1-9(2)15-7-5-6-12-8-10(3)11(13)14-4/h9-10,12H,5-8H2,1-4H3/t10-/m1/s1. The second kappa shape index (κ2) is 8.68. The summed E-state index contributed by atoms with van der Waals surface area (Å²) in [6.07, 6.45) is 1.26. The molecular formula is C11H23NO3. The normalized spacial score (nSPS) is 12.9. The number of rotatable bonds is 8. The Balaban J connectivity index is 3.27. The first-order chi connectivity index (χ1) is 7.07. The van der Waals surface area contributed by atoms with Crippen molar-refractivity contribution in [2.24, 2.45) is 5.92 Å². The molecule has 0 aliphatic rings. The molecule has 0 radical (unpaired) electrons. The van der Waals surface area contributed by atoms with Crippen molar-refractivity contribution in [3.8, 4) is 0 Å². The van der Waals surface area contributed by atoms with Crippen LogP contribution in [0.3, 0.4) is 0 Å². The summed E-state index contributed by atoms with van der Waals surface area (Å²) in [6, 6.07) is 0. The fourth-order valence-corrected chi connectivity index (χ4v) is 1.12. The van der Waals surface area contributed by atoms with E-state index in [4.69, 9.17) is 4.74 Å². The molecule has 0 amide bonds. The number of hydrogen-bond donors (Lipinski definition) is 1. The molecule has 0 rings (SSSR count). The predicted octanol–water partition coefficient (Wildman–Crippen LogP) is 1.20. The van der Waals surface area contributed by atoms with Crippen molar-refractivity contribution in [1.29, 1.82) is 0 Å². The minimum Gasteiger partial charge on any atom is -0.469 e. The van der Waals surface area contributed by atoms with Gasteiger partial charge in [0.05, 0.1) is 19.1 Å². The van der Waals surface area contributed by atoms with Gasteiger partial charge in [0.25, 0.3) is 0 Å². The van der Waals surface area contributed by atoms with Crippen LogP contribution in [0, 0.1) is 5.92 Å². The number of ether oxygens (including phenoxy) is 2. The van der Waals surface area contributed by atoms with Gasteiger partial charge in [-0.2, -0.15) is 0 Å². The zero-order valence-electron chi connectivity index (χ0n) is 10.2. The van der Waals surface area contributed by atoms with Crippen molar-refractivity contribution in [3.63, 3.8) is 0 Å². The highest BCUT2D eigenvalue weighted by molar-refractivity contribution is 5.71. The first-order valence-corrected chi connectivity index (χ1v) is 5.48. The molecule has 15 heavy (non-hydrogen) atoms. The van der Waals surface area contributed by atoms with E-state index in [9.17, 15) is 4.79 Å². The molecule has 0 heterocycles. The van der Waals surface area contributed by atoms with Crippen molar-refractivity contribution in [3.05, 3.63) is 0 Å². The van der Waals surface area contributed by atoms with E-state index >= 15 is 0 Å². The molecule has 0 aliphatic heterocycles. The van der Waals surface area contributed by atoms with Crippen molar-refractivity contribution in [2.75, 3.05) is 26.8 Å². The van der Waals surface area contributed by atoms with E-state index in [1.165, 1.54) is 7.11 Å². The first kappa shape index (κ1) is 14.4. The summed E-state index contributed by atoms with van der Waals surface area (Å²) in [7, 11) is 1.41. The van der Waals surface area contributed by atoms with Crippen LogP contribution < -0.4 is 5.32 Å². The molecule has 0 aliphatic carbocycles. The summed E-state index contributed by atoms with van der Waals surface area (Å²) in [5.41, 5.74) is 0. The van der Waals surface area contributed by atoms with E-state index < -0.39 is 0 Å². The van der Waals surface area contributed by atoms with Crippen LogP contribution in [0.2, 0.25) is 0 Å². The summed E-state index contributed by atoms with van der Waals surface area (Å²) in [5.74, 6) is -0.248. The molecule has 0 spiro atoms. The van der Waals surface area contributed by atoms with Crippen molar-refractivity contribution < 1.29 is 14.3 Å². The second-order valence-electron chi connectivity index (χ2n) is 3.90. The van der Waals surface area contributed by atoms with Crippen LogP contribution in [0.25, 0.3) is 0 Å². The molecule has 1 atom stereocenters. The topological polar surface area (TPSA) is 47.6 Å². The fourth-order valence-electron chi connectivity index (χ4n) is 1.12. The lowest BCUT2D eigenvalue weighted by molar-refractivity contribution is -0.144. The molecule has 4 nitrogen and oxygen atoms in total. The quantitative estimate of drug-likeness (QED) is 0.490. The summed E-state index contributed by atoms with van der Waals surface area (Å²) < 4.78 is 10.0. The Bertz CT molecular complexity index is 171. The van der Waals surface area contributed by atoms with E-state index in [1.54, 1.807) is 0 Å². The lowest BCUT2D eigenvalue weighted by Gasteiger charge is -2.11. The van der Waals surface area contributed by atoms with E-state index in [0.717, 1.165) is 19.6 Å². The number of methoxy groups -OCH3 is 1. The highest BCUT2D eigenvalue weighted by Crippen LogP contribution is 1.95. The van der Waals surface area contributed by atoms with Gasteiger partial charge in [-0.1, -0.05) is 6.92 Å². The van der Waals surface area contributed by atoms with E-state index in [0.29, 0.717) is 12.6 Å². The predicted molar refractivity (Wildman–Crippen MR) is 59.8 cm³/mol. The molecular weight excluding hydrogens is 194 g/mol. The number of carbonyl (C=O) groups is 1. The van der Waals surface area contributed by atoms with Crippen molar-refractivity contribution in [1.82, 2.24) is 5.32 Å². The lowest BCUT2D eigenvalue weighted by Crippen LogP contribution is -2.28. The van der Waals surface area contributed by atoms with Gasteiger partial charge in [0, 0.05) is 13.2 Å². The Morgan fingerprint density at radius 3 is 2.53 bits per heavy atom. The summed E-state index contributed by atoms with van der Waals surface area (Å²) >= 11 is 0. The molecule has 0 aromatic rings. The monoisotopic (exact) mass is 217 g/mol. The fraction of sp³-hybridized carbons (Fsp3) is 0.909. The highest BCUT2D eigenvalue weighted by atomic mass is 16.5. The molecule has 0 unspecified atom stereocenters. The van der Waals surface area contributed by atoms with Gasteiger partial charge in [-0.05, 0) is 26.8 Å². The van der Waals surface area contributed by atoms with Gasteiger partial charge in [-0.25, -0.2) is 0 Å². The van der Waals surface area contributed by atoms with Crippen LogP contribution in [0.4, 0.5) is 0 Å². The smallest absolute Gasteiger partial charge is 0.309 e. The van der Waals surface area contributed by atoms with Crippen LogP contribution in [0.15, 0.2) is 0 Å². The molecule has 4 heteroatoms. The minimum absolute atomic E-state index is 0.0824. The lowest BCUT2D eigenvalue weighted by atomic mass is 10.2. The van der Waals surface area contributed by atoms with Crippen LogP contribution in [0.1, 0.15) is 27.2 Å². The maximum Gasteiger partial charge on any atom is 0.309 e. The Morgan fingerprint density at radius 2 is 2.00 bits per heavy atom. The second-order valence-corrected chi connectivity index (χ2v) is 3.90. The molecule has 1 N–H and O–H groups in total. The molecule has 0 fully saturated rings. The highest BCUT2D eigenvalue weighted by Gasteiger charge is 2.11. The average molecular weight is 217 g/mol. The number of hydrogen-bond acceptors (Lipinski definition) is 4. The van der Waals surface area contributed by atoms with E-state index in [-0.39, 0.29) is 11.9 Å². The molecule has 0 aromatic carbocycles. The maximum atomic E-state index is 11.0. The zero-order valence-corrected chi connectivity index (χ0v) is 10.2. The Labute approximate surface area is 92.3 Å². The van der Waals surface area contributed by atoms with E-state index in [1.807, 2.05) is 20.8 Å². The molecule has 0 aromatic heterocycles. The number of nitrogens with one attached hydrogen (secondary N) is 1. The Kier molecular flexibility index (Phi) is 8.33. The molecule has 0 saturated carbocycles. The SMILES string of the molecule is COC(=O)[C@H](C)CNCCCOC(C)C. The van der Waals surface area contributed by atoms with Crippen molar-refractivity contribution >= 4 is 5.97 Å². The number of carbonyl (C=O) groups excluding carboxylic acids is 1. The summed E-state index contributed by atoms with van der Waals surface area (Å²) in [5, 5.41) is 3.19. The third-order valence-corrected chi connectivity index (χ3v) is 2.00. The third kappa shape index (κ3) is 8.39. The molecule has 0 saturated heterocycles. The van der Waals surface area contributed by atoms with E-state index in [2.05, 4.69) is 10.1 Å². The minimum atomic E-state index is -0.166. The van der Waals surface area contributed by atoms with Crippen molar-refractivity contribution in [2.45, 2.75) is 33.3 Å². The van der Waals surface area contributed by atoms with Crippen LogP contribution in [0.5, 0.6) is 0 Å². The first-order valence-electron chi connectivity index (χ1n) is 5.48. The molecule has 90 valence electrons. The van der Waals surface area contributed by atoms with Crippen LogP contribution in [-0.4, -0.2) is 38.9 Å². The third-order valence-electron chi connectivity index (χ3n) is 2.00. The van der Waals surface area contributed by atoms with Gasteiger partial charge in [0.15, 0.2) is 0 Å². The number of esters is 1. The van der Waals surface area contributed by atoms with Gasteiger partial charge in [0.1, 0.15) is 0 Å². The van der Waals surface area contributed by atoms with Gasteiger partial charge < -0.3 is 14.8 Å².